The van der Waals surface area contributed by atoms with E-state index < -0.39 is 0 Å². The molecule has 0 bridgehead atoms. The summed E-state index contributed by atoms with van der Waals surface area (Å²) in [6, 6.07) is 6.29. The summed E-state index contributed by atoms with van der Waals surface area (Å²) in [5, 5.41) is 0. The summed E-state index contributed by atoms with van der Waals surface area (Å²) < 4.78 is 6.15. The van der Waals surface area contributed by atoms with E-state index in [-0.39, 0.29) is 0 Å². The van der Waals surface area contributed by atoms with E-state index in [0.29, 0.717) is 12.6 Å². The number of nitrogens with zero attached hydrogens (tertiary/aromatic N) is 1. The van der Waals surface area contributed by atoms with Crippen LogP contribution in [0.25, 0.3) is 10.6 Å². The van der Waals surface area contributed by atoms with Crippen molar-refractivity contribution in [2.75, 3.05) is 0 Å². The van der Waals surface area contributed by atoms with Gasteiger partial charge in [0.05, 0.1) is 22.4 Å². The van der Waals surface area contributed by atoms with Crippen LogP contribution in [0, 0.1) is 13.8 Å². The summed E-state index contributed by atoms with van der Waals surface area (Å²) in [6.45, 7) is 4.70. The molecule has 0 spiro atoms. The quantitative estimate of drug-likeness (QED) is 0.897. The first kappa shape index (κ1) is 15.5. The number of hydrogen-bond acceptors (Lipinski definition) is 4. The fourth-order valence-electron chi connectivity index (χ4n) is 3.10. The summed E-state index contributed by atoms with van der Waals surface area (Å²) in [7, 11) is 0. The van der Waals surface area contributed by atoms with Crippen molar-refractivity contribution in [2.45, 2.75) is 58.6 Å². The second-order valence-electron chi connectivity index (χ2n) is 6.07. The number of rotatable bonds is 4. The lowest BCUT2D eigenvalue weighted by Crippen LogP contribution is -2.20. The Bertz CT molecular complexity index is 645. The third-order valence-electron chi connectivity index (χ3n) is 4.27. The molecule has 0 amide bonds. The highest BCUT2D eigenvalue weighted by molar-refractivity contribution is 7.15. The molecule has 2 aromatic rings. The number of aryl methyl sites for hydroxylation is 2. The molecule has 0 unspecified atom stereocenters. The Morgan fingerprint density at radius 3 is 2.68 bits per heavy atom. The summed E-state index contributed by atoms with van der Waals surface area (Å²) in [5.41, 5.74) is 9.00. The van der Waals surface area contributed by atoms with E-state index in [0.717, 1.165) is 17.1 Å². The van der Waals surface area contributed by atoms with Crippen molar-refractivity contribution in [1.82, 2.24) is 4.98 Å². The van der Waals surface area contributed by atoms with Crippen molar-refractivity contribution in [3.05, 3.63) is 34.3 Å². The molecular formula is C18H24N2OS. The molecule has 118 valence electrons. The van der Waals surface area contributed by atoms with Crippen LogP contribution in [0.3, 0.4) is 0 Å². The Hall–Kier alpha value is -1.39. The molecule has 2 heterocycles. The molecule has 1 fully saturated rings. The number of nitrogens with two attached hydrogens (primary N) is 1. The minimum Gasteiger partial charge on any atom is -0.489 e. The van der Waals surface area contributed by atoms with Crippen molar-refractivity contribution in [1.29, 1.82) is 0 Å². The maximum Gasteiger partial charge on any atom is 0.140 e. The van der Waals surface area contributed by atoms with Crippen molar-refractivity contribution < 1.29 is 4.74 Å². The third kappa shape index (κ3) is 3.33. The lowest BCUT2D eigenvalue weighted by Gasteiger charge is -2.23. The maximum atomic E-state index is 6.15. The number of thiophene rings is 1. The standard InChI is InChI=1S/C18H24N2OS/c1-12-10-14(11-19)18(22-12)16-8-9-17(13(2)20-16)21-15-6-4-3-5-7-15/h8-10,15H,3-7,11,19H2,1-2H3. The van der Waals surface area contributed by atoms with Crippen LogP contribution in [-0.4, -0.2) is 11.1 Å². The van der Waals surface area contributed by atoms with Gasteiger partial charge in [0.2, 0.25) is 0 Å². The van der Waals surface area contributed by atoms with Crippen LogP contribution in [0.1, 0.15) is 48.2 Å². The van der Waals surface area contributed by atoms with Crippen LogP contribution in [0.2, 0.25) is 0 Å². The van der Waals surface area contributed by atoms with Crippen molar-refractivity contribution in [3.63, 3.8) is 0 Å². The van der Waals surface area contributed by atoms with Gasteiger partial charge in [-0.1, -0.05) is 6.42 Å². The summed E-state index contributed by atoms with van der Waals surface area (Å²) >= 11 is 1.76. The predicted molar refractivity (Wildman–Crippen MR) is 92.4 cm³/mol. The van der Waals surface area contributed by atoms with Gasteiger partial charge in [-0.2, -0.15) is 0 Å². The Morgan fingerprint density at radius 2 is 2.00 bits per heavy atom. The second-order valence-corrected chi connectivity index (χ2v) is 7.33. The van der Waals surface area contributed by atoms with Gasteiger partial charge < -0.3 is 10.5 Å². The van der Waals surface area contributed by atoms with Crippen LogP contribution < -0.4 is 10.5 Å². The number of hydrogen-bond donors (Lipinski definition) is 1. The van der Waals surface area contributed by atoms with E-state index in [1.165, 1.54) is 47.4 Å². The normalized spacial score (nSPS) is 16.0. The van der Waals surface area contributed by atoms with Crippen LogP contribution >= 0.6 is 11.3 Å². The molecule has 4 heteroatoms. The van der Waals surface area contributed by atoms with Gasteiger partial charge in [-0.15, -0.1) is 11.3 Å². The molecule has 0 radical (unpaired) electrons. The van der Waals surface area contributed by atoms with E-state index >= 15 is 0 Å². The average molecular weight is 316 g/mol. The molecule has 22 heavy (non-hydrogen) atoms. The minimum atomic E-state index is 0.365. The van der Waals surface area contributed by atoms with Crippen LogP contribution in [-0.2, 0) is 6.54 Å². The molecule has 1 aliphatic carbocycles. The van der Waals surface area contributed by atoms with Crippen LogP contribution in [0.15, 0.2) is 18.2 Å². The van der Waals surface area contributed by atoms with Gasteiger partial charge in [-0.05, 0) is 63.3 Å². The second kappa shape index (κ2) is 6.80. The van der Waals surface area contributed by atoms with Gasteiger partial charge >= 0.3 is 0 Å². The predicted octanol–water partition coefficient (Wildman–Crippen LogP) is 4.60. The largest absolute Gasteiger partial charge is 0.489 e. The van der Waals surface area contributed by atoms with E-state index in [1.54, 1.807) is 11.3 Å². The number of aromatic nitrogens is 1. The lowest BCUT2D eigenvalue weighted by atomic mass is 9.98. The Kier molecular flexibility index (Phi) is 4.79. The zero-order chi connectivity index (χ0) is 15.5. The minimum absolute atomic E-state index is 0.365. The van der Waals surface area contributed by atoms with E-state index in [9.17, 15) is 0 Å². The van der Waals surface area contributed by atoms with Gasteiger partial charge in [0.25, 0.3) is 0 Å². The zero-order valence-corrected chi connectivity index (χ0v) is 14.2. The highest BCUT2D eigenvalue weighted by atomic mass is 32.1. The van der Waals surface area contributed by atoms with Gasteiger partial charge in [0.1, 0.15) is 5.75 Å². The highest BCUT2D eigenvalue weighted by Gasteiger charge is 2.17. The maximum absolute atomic E-state index is 6.15. The molecule has 1 saturated carbocycles. The molecule has 3 nitrogen and oxygen atoms in total. The smallest absolute Gasteiger partial charge is 0.140 e. The molecule has 2 N–H and O–H groups in total. The Balaban J connectivity index is 1.82. The van der Waals surface area contributed by atoms with Gasteiger partial charge in [-0.25, -0.2) is 4.98 Å². The topological polar surface area (TPSA) is 48.1 Å². The van der Waals surface area contributed by atoms with E-state index in [1.807, 2.05) is 6.92 Å². The summed E-state index contributed by atoms with van der Waals surface area (Å²) in [5.74, 6) is 0.929. The molecular weight excluding hydrogens is 292 g/mol. The van der Waals surface area contributed by atoms with Crippen molar-refractivity contribution in [2.24, 2.45) is 5.73 Å². The van der Waals surface area contributed by atoms with Crippen molar-refractivity contribution >= 4 is 11.3 Å². The molecule has 1 aliphatic rings. The molecule has 2 aromatic heterocycles. The van der Waals surface area contributed by atoms with Crippen LogP contribution in [0.4, 0.5) is 0 Å². The zero-order valence-electron chi connectivity index (χ0n) is 13.4. The Morgan fingerprint density at radius 1 is 1.23 bits per heavy atom. The van der Waals surface area contributed by atoms with Gasteiger partial charge in [0, 0.05) is 11.4 Å². The Labute approximate surface area is 136 Å². The first-order valence-corrected chi connectivity index (χ1v) is 8.93. The molecule has 0 atom stereocenters. The molecule has 3 rings (SSSR count). The lowest BCUT2D eigenvalue weighted by molar-refractivity contribution is 0.153. The van der Waals surface area contributed by atoms with E-state index in [4.69, 9.17) is 15.5 Å². The average Bonchev–Trinajstić information content (AvgIpc) is 2.91. The number of pyridine rings is 1. The fourth-order valence-corrected chi connectivity index (χ4v) is 4.11. The van der Waals surface area contributed by atoms with Crippen LogP contribution in [0.5, 0.6) is 5.75 Å². The molecule has 0 aromatic carbocycles. The van der Waals surface area contributed by atoms with Gasteiger partial charge in [-0.3, -0.25) is 0 Å². The first-order chi connectivity index (χ1) is 10.7. The highest BCUT2D eigenvalue weighted by Crippen LogP contribution is 2.33. The first-order valence-electron chi connectivity index (χ1n) is 8.11. The van der Waals surface area contributed by atoms with E-state index in [2.05, 4.69) is 25.1 Å². The van der Waals surface area contributed by atoms with Gasteiger partial charge in [0.15, 0.2) is 0 Å². The molecule has 0 saturated heterocycles. The number of ether oxygens (including phenoxy) is 1. The molecule has 0 aliphatic heterocycles. The summed E-state index contributed by atoms with van der Waals surface area (Å²) in [4.78, 5) is 7.22. The monoisotopic (exact) mass is 316 g/mol. The fraction of sp³-hybridized carbons (Fsp3) is 0.500. The third-order valence-corrected chi connectivity index (χ3v) is 5.38. The summed E-state index contributed by atoms with van der Waals surface area (Å²) in [6.07, 6.45) is 6.61. The SMILES string of the molecule is Cc1cc(CN)c(-c2ccc(OC3CCCCC3)c(C)n2)s1. The van der Waals surface area contributed by atoms with Crippen molar-refractivity contribution in [3.8, 4) is 16.3 Å².